The lowest BCUT2D eigenvalue weighted by Crippen LogP contribution is -1.97. The van der Waals surface area contributed by atoms with Crippen molar-refractivity contribution in [2.24, 2.45) is 0 Å². The van der Waals surface area contributed by atoms with Crippen LogP contribution in [0.3, 0.4) is 0 Å². The zero-order valence-electron chi connectivity index (χ0n) is 39.4. The molecule has 0 saturated carbocycles. The van der Waals surface area contributed by atoms with Crippen LogP contribution in [-0.2, 0) is 0 Å². The Morgan fingerprint density at radius 2 is 0.625 bits per heavy atom. The molecule has 0 atom stereocenters. The fourth-order valence-corrected chi connectivity index (χ4v) is 14.1. The van der Waals surface area contributed by atoms with E-state index >= 15 is 0 Å². The van der Waals surface area contributed by atoms with E-state index < -0.39 is 0 Å². The van der Waals surface area contributed by atoms with E-state index in [9.17, 15) is 0 Å². The molecule has 72 heavy (non-hydrogen) atoms. The van der Waals surface area contributed by atoms with Crippen LogP contribution in [0.2, 0.25) is 0 Å². The lowest BCUT2D eigenvalue weighted by Gasteiger charge is -2.23. The Labute approximate surface area is 413 Å². The van der Waals surface area contributed by atoms with E-state index in [0.717, 1.165) is 22.6 Å². The monoisotopic (exact) mass is 912 g/mol. The largest absolute Gasteiger partial charge is 0.496 e. The van der Waals surface area contributed by atoms with E-state index in [-0.39, 0.29) is 0 Å². The maximum Gasteiger partial charge on any atom is 0.126 e. The molecule has 0 radical (unpaired) electrons. The molecule has 0 bridgehead atoms. The van der Waals surface area contributed by atoms with Gasteiger partial charge in [0.1, 0.15) is 11.5 Å². The van der Waals surface area contributed by atoms with Gasteiger partial charge in [0.15, 0.2) is 0 Å². The first kappa shape index (κ1) is 38.6. The van der Waals surface area contributed by atoms with Gasteiger partial charge in [-0.2, -0.15) is 0 Å². The maximum absolute atomic E-state index is 6.25. The lowest BCUT2D eigenvalue weighted by atomic mass is 9.81. The van der Waals surface area contributed by atoms with Crippen molar-refractivity contribution in [1.82, 2.24) is 0 Å². The number of hydrogen-bond donors (Lipinski definition) is 0. The van der Waals surface area contributed by atoms with Crippen LogP contribution in [-0.4, -0.2) is 14.2 Å². The molecule has 0 aliphatic heterocycles. The van der Waals surface area contributed by atoms with Gasteiger partial charge in [0.25, 0.3) is 0 Å². The van der Waals surface area contributed by atoms with Crippen LogP contribution in [0.5, 0.6) is 11.5 Å². The van der Waals surface area contributed by atoms with Crippen LogP contribution in [0.25, 0.3) is 174 Å². The number of para-hydroxylation sites is 2. The van der Waals surface area contributed by atoms with Crippen molar-refractivity contribution in [3.05, 3.63) is 206 Å². The molecule has 2 heteroatoms. The smallest absolute Gasteiger partial charge is 0.126 e. The third kappa shape index (κ3) is 4.62. The van der Waals surface area contributed by atoms with Crippen LogP contribution in [0.15, 0.2) is 206 Å². The van der Waals surface area contributed by atoms with Crippen molar-refractivity contribution < 1.29 is 9.47 Å². The predicted molar refractivity (Wildman–Crippen MR) is 306 cm³/mol. The molecule has 0 amide bonds. The zero-order chi connectivity index (χ0) is 47.1. The van der Waals surface area contributed by atoms with E-state index in [2.05, 4.69) is 206 Å². The zero-order valence-corrected chi connectivity index (χ0v) is 39.4. The van der Waals surface area contributed by atoms with E-state index in [1.54, 1.807) is 14.2 Å². The van der Waals surface area contributed by atoms with Crippen LogP contribution in [0.1, 0.15) is 0 Å². The number of methoxy groups -OCH3 is 2. The molecule has 332 valence electrons. The van der Waals surface area contributed by atoms with Gasteiger partial charge in [-0.1, -0.05) is 182 Å². The molecule has 17 rings (SSSR count). The van der Waals surface area contributed by atoms with Gasteiger partial charge in [0, 0.05) is 22.3 Å². The molecule has 0 N–H and O–H groups in total. The first-order valence-electron chi connectivity index (χ1n) is 25.0. The molecule has 2 nitrogen and oxygen atoms in total. The fourth-order valence-electron chi connectivity index (χ4n) is 14.1. The third-order valence-corrected chi connectivity index (χ3v) is 16.8. The van der Waals surface area contributed by atoms with Crippen molar-refractivity contribution in [2.75, 3.05) is 14.2 Å². The van der Waals surface area contributed by atoms with E-state index in [1.165, 1.54) is 163 Å². The van der Waals surface area contributed by atoms with Gasteiger partial charge in [-0.05, 0) is 176 Å². The Morgan fingerprint density at radius 1 is 0.222 bits per heavy atom. The van der Waals surface area contributed by atoms with Crippen molar-refractivity contribution in [2.45, 2.75) is 0 Å². The minimum atomic E-state index is 0.852. The fraction of sp³-hybridized carbons (Fsp3) is 0.0286. The first-order valence-corrected chi connectivity index (χ1v) is 25.0. The van der Waals surface area contributed by atoms with Crippen LogP contribution in [0, 0.1) is 0 Å². The standard InChI is InChI=1S/C70H40O2/c1-71-56-25-12-10-21-47(56)62-54-35-38-17-6-7-18-39(38)36-55(54)63(48-22-11-13-26-57(48)72-2)69-52-33-29-45-46-30-34-53-64-50(31-27-43(59(46)64)44-28-32-51(68(62)69)65(52)60(44)45)67-58(37-15-4-3-5-16-37)49-24-14-23-41-40-19-8-9-20-42(40)66(61(41)49)70(53)67/h3-36H,1-2H3. The summed E-state index contributed by atoms with van der Waals surface area (Å²) in [5, 5.41) is 28.6. The number of hydrogen-bond acceptors (Lipinski definition) is 2. The second-order valence-corrected chi connectivity index (χ2v) is 19.9. The second kappa shape index (κ2) is 13.8. The number of fused-ring (bicyclic) bond motifs is 14. The summed E-state index contributed by atoms with van der Waals surface area (Å²) in [5.74, 6) is 1.70. The molecular weight excluding hydrogens is 873 g/mol. The topological polar surface area (TPSA) is 18.5 Å². The van der Waals surface area contributed by atoms with Gasteiger partial charge in [0.05, 0.1) is 14.2 Å². The van der Waals surface area contributed by atoms with Crippen LogP contribution < -0.4 is 9.47 Å². The second-order valence-electron chi connectivity index (χ2n) is 19.9. The Kier molecular flexibility index (Phi) is 7.37. The molecule has 0 spiro atoms. The third-order valence-electron chi connectivity index (χ3n) is 16.8. The van der Waals surface area contributed by atoms with E-state index in [1.807, 2.05) is 0 Å². The first-order chi connectivity index (χ1) is 35.7. The van der Waals surface area contributed by atoms with Gasteiger partial charge in [0.2, 0.25) is 0 Å². The summed E-state index contributed by atoms with van der Waals surface area (Å²) < 4.78 is 12.5. The molecule has 16 aromatic rings. The Balaban J connectivity index is 1.05. The molecule has 16 aromatic carbocycles. The molecule has 1 aliphatic rings. The van der Waals surface area contributed by atoms with Crippen molar-refractivity contribution in [3.8, 4) is 67.1 Å². The van der Waals surface area contributed by atoms with Gasteiger partial charge in [-0.15, -0.1) is 0 Å². The summed E-state index contributed by atoms with van der Waals surface area (Å²) in [7, 11) is 3.58. The molecular formula is C70H40O2. The average Bonchev–Trinajstić information content (AvgIpc) is 4.08. The highest BCUT2D eigenvalue weighted by Crippen LogP contribution is 2.62. The highest BCUT2D eigenvalue weighted by molar-refractivity contribution is 6.51. The van der Waals surface area contributed by atoms with Crippen molar-refractivity contribution in [1.29, 1.82) is 0 Å². The van der Waals surface area contributed by atoms with Gasteiger partial charge in [-0.3, -0.25) is 0 Å². The highest BCUT2D eigenvalue weighted by Gasteiger charge is 2.34. The molecule has 1 aliphatic carbocycles. The average molecular weight is 913 g/mol. The summed E-state index contributed by atoms with van der Waals surface area (Å²) >= 11 is 0. The maximum atomic E-state index is 6.25. The molecule has 0 heterocycles. The summed E-state index contributed by atoms with van der Waals surface area (Å²) in [5.41, 5.74) is 12.0. The molecule has 0 saturated heterocycles. The Hall–Kier alpha value is -9.24. The van der Waals surface area contributed by atoms with E-state index in [4.69, 9.17) is 9.47 Å². The van der Waals surface area contributed by atoms with E-state index in [0.29, 0.717) is 0 Å². The Bertz CT molecular complexity index is 4880. The molecule has 0 aromatic heterocycles. The van der Waals surface area contributed by atoms with Crippen LogP contribution >= 0.6 is 0 Å². The van der Waals surface area contributed by atoms with Gasteiger partial charge >= 0.3 is 0 Å². The summed E-state index contributed by atoms with van der Waals surface area (Å²) in [6.45, 7) is 0. The minimum absolute atomic E-state index is 0.852. The number of rotatable bonds is 5. The summed E-state index contributed by atoms with van der Waals surface area (Å²) in [6.07, 6.45) is 0. The van der Waals surface area contributed by atoms with Crippen molar-refractivity contribution >= 4 is 118 Å². The Morgan fingerprint density at radius 3 is 1.24 bits per heavy atom. The predicted octanol–water partition coefficient (Wildman–Crippen LogP) is 19.4. The highest BCUT2D eigenvalue weighted by atomic mass is 16.5. The van der Waals surface area contributed by atoms with Crippen LogP contribution in [0.4, 0.5) is 0 Å². The quantitative estimate of drug-likeness (QED) is 0.127. The minimum Gasteiger partial charge on any atom is -0.496 e. The molecule has 0 unspecified atom stereocenters. The van der Waals surface area contributed by atoms with Gasteiger partial charge in [-0.25, -0.2) is 0 Å². The molecule has 0 fully saturated rings. The van der Waals surface area contributed by atoms with Gasteiger partial charge < -0.3 is 9.47 Å². The number of benzene rings is 14. The summed E-state index contributed by atoms with van der Waals surface area (Å²) in [4.78, 5) is 0. The lowest BCUT2D eigenvalue weighted by molar-refractivity contribution is 0.416. The van der Waals surface area contributed by atoms with Crippen molar-refractivity contribution in [3.63, 3.8) is 0 Å². The normalized spacial score (nSPS) is 12.6. The summed E-state index contributed by atoms with van der Waals surface area (Å²) in [6, 6.07) is 77.2. The SMILES string of the molecule is COc1ccccc1-c1c2c(c(-c3ccccc3OC)c3cc4ccccc4cc13)-c1ccc3c4ccc5c6c(ccc(c7ccc-2c1c73)c46)c1c(-c2ccccc2)c2cccc3c4ccccc4c(c23)c51. The number of ether oxygens (including phenoxy) is 2.